The number of aromatic hydroxyl groups is 1. The van der Waals surface area contributed by atoms with E-state index in [4.69, 9.17) is 0 Å². The summed E-state index contributed by atoms with van der Waals surface area (Å²) < 4.78 is 0. The maximum Gasteiger partial charge on any atom is 0.290 e. The molecule has 0 fully saturated rings. The third-order valence-electron chi connectivity index (χ3n) is 4.16. The van der Waals surface area contributed by atoms with Gasteiger partial charge >= 0.3 is 0 Å². The fourth-order valence-corrected chi connectivity index (χ4v) is 3.25. The van der Waals surface area contributed by atoms with E-state index in [0.29, 0.717) is 10.9 Å². The van der Waals surface area contributed by atoms with Crippen molar-refractivity contribution in [2.45, 2.75) is 59.3 Å². The largest absolute Gasteiger partial charge is 0.503 e. The summed E-state index contributed by atoms with van der Waals surface area (Å²) >= 11 is 0. The van der Waals surface area contributed by atoms with Crippen LogP contribution in [0.25, 0.3) is 10.9 Å². The molecule has 0 spiro atoms. The monoisotopic (exact) mass is 315 g/mol. The summed E-state index contributed by atoms with van der Waals surface area (Å²) in [4.78, 5) is 27.1. The summed E-state index contributed by atoms with van der Waals surface area (Å²) in [5, 5.41) is 10.2. The van der Waals surface area contributed by atoms with Crippen molar-refractivity contribution < 1.29 is 5.11 Å². The fourth-order valence-electron chi connectivity index (χ4n) is 3.25. The third-order valence-corrected chi connectivity index (χ3v) is 4.16. The molecule has 1 heterocycles. The summed E-state index contributed by atoms with van der Waals surface area (Å²) in [5.41, 5.74) is 3.10. The molecule has 0 aliphatic rings. The zero-order valence-corrected chi connectivity index (χ0v) is 14.2. The topological polar surface area (TPSA) is 70.2 Å². The predicted molar refractivity (Wildman–Crippen MR) is 94.5 cm³/mol. The van der Waals surface area contributed by atoms with Crippen LogP contribution in [-0.2, 0) is 19.3 Å². The van der Waals surface area contributed by atoms with Crippen LogP contribution in [0.3, 0.4) is 0 Å². The zero-order valence-electron chi connectivity index (χ0n) is 14.2. The minimum absolute atomic E-state index is 0.292. The maximum absolute atomic E-state index is 12.6. The van der Waals surface area contributed by atoms with Gasteiger partial charge in [-0.05, 0) is 42.0 Å². The smallest absolute Gasteiger partial charge is 0.290 e. The minimum atomic E-state index is -0.620. The number of aryl methyl sites for hydroxylation is 2. The van der Waals surface area contributed by atoms with Crippen LogP contribution in [-0.4, -0.2) is 10.1 Å². The fraction of sp³-hybridized carbons (Fsp3) is 0.474. The van der Waals surface area contributed by atoms with E-state index in [-0.39, 0.29) is 5.43 Å². The van der Waals surface area contributed by atoms with Gasteiger partial charge in [-0.1, -0.05) is 40.0 Å². The van der Waals surface area contributed by atoms with Gasteiger partial charge in [0.25, 0.3) is 5.56 Å². The Morgan fingerprint density at radius 1 is 0.913 bits per heavy atom. The highest BCUT2D eigenvalue weighted by Gasteiger charge is 2.15. The van der Waals surface area contributed by atoms with Gasteiger partial charge in [0.05, 0.1) is 5.52 Å². The molecule has 4 heteroatoms. The Morgan fingerprint density at radius 2 is 1.52 bits per heavy atom. The van der Waals surface area contributed by atoms with Crippen LogP contribution in [0.5, 0.6) is 5.75 Å². The SMILES string of the molecule is CCCc1cc2[nH]c(=O)c(O)cc(=O)c2c(CCC)c1CCC. The van der Waals surface area contributed by atoms with Crippen LogP contribution in [0, 0.1) is 0 Å². The second-order valence-corrected chi connectivity index (χ2v) is 6.01. The molecule has 124 valence electrons. The number of hydrogen-bond donors (Lipinski definition) is 2. The van der Waals surface area contributed by atoms with E-state index in [9.17, 15) is 14.7 Å². The van der Waals surface area contributed by atoms with Crippen molar-refractivity contribution in [3.8, 4) is 5.75 Å². The number of aromatic nitrogens is 1. The van der Waals surface area contributed by atoms with Gasteiger partial charge in [0.15, 0.2) is 11.2 Å². The number of hydrogen-bond acceptors (Lipinski definition) is 3. The molecule has 0 saturated heterocycles. The molecule has 0 aliphatic carbocycles. The molecule has 1 aromatic carbocycles. The molecule has 4 nitrogen and oxygen atoms in total. The highest BCUT2D eigenvalue weighted by molar-refractivity contribution is 5.84. The van der Waals surface area contributed by atoms with E-state index >= 15 is 0 Å². The number of rotatable bonds is 6. The van der Waals surface area contributed by atoms with Crippen LogP contribution in [0.4, 0.5) is 0 Å². The van der Waals surface area contributed by atoms with Crippen molar-refractivity contribution in [1.29, 1.82) is 0 Å². The summed E-state index contributed by atoms with van der Waals surface area (Å²) in [5.74, 6) is -0.525. The van der Waals surface area contributed by atoms with Gasteiger partial charge in [0.2, 0.25) is 0 Å². The van der Waals surface area contributed by atoms with Crippen molar-refractivity contribution in [2.24, 2.45) is 0 Å². The Kier molecular flexibility index (Phi) is 5.59. The first-order valence-electron chi connectivity index (χ1n) is 8.47. The average molecular weight is 315 g/mol. The van der Waals surface area contributed by atoms with E-state index in [1.807, 2.05) is 6.07 Å². The molecule has 2 rings (SSSR count). The number of nitrogens with one attached hydrogen (secondary N) is 1. The second-order valence-electron chi connectivity index (χ2n) is 6.01. The van der Waals surface area contributed by atoms with Gasteiger partial charge in [-0.3, -0.25) is 9.59 Å². The number of H-pyrrole nitrogens is 1. The lowest BCUT2D eigenvalue weighted by atomic mass is 9.89. The number of fused-ring (bicyclic) bond motifs is 1. The molecule has 0 bridgehead atoms. The van der Waals surface area contributed by atoms with Crippen molar-refractivity contribution in [2.75, 3.05) is 0 Å². The van der Waals surface area contributed by atoms with Gasteiger partial charge in [0, 0.05) is 11.5 Å². The Bertz CT molecular complexity index is 821. The van der Waals surface area contributed by atoms with E-state index in [0.717, 1.165) is 50.2 Å². The van der Waals surface area contributed by atoms with Gasteiger partial charge in [-0.15, -0.1) is 0 Å². The Morgan fingerprint density at radius 3 is 2.13 bits per heavy atom. The lowest BCUT2D eigenvalue weighted by Gasteiger charge is -2.16. The van der Waals surface area contributed by atoms with Gasteiger partial charge in [-0.2, -0.15) is 0 Å². The zero-order chi connectivity index (χ0) is 17.0. The maximum atomic E-state index is 12.6. The molecule has 0 atom stereocenters. The summed E-state index contributed by atoms with van der Waals surface area (Å²) in [6.07, 6.45) is 5.58. The molecule has 2 aromatic rings. The van der Waals surface area contributed by atoms with Crippen molar-refractivity contribution in [1.82, 2.24) is 4.98 Å². The summed E-state index contributed by atoms with van der Waals surface area (Å²) in [6, 6.07) is 2.96. The number of aromatic amines is 1. The number of benzene rings is 1. The molecule has 0 radical (unpaired) electrons. The first kappa shape index (κ1) is 17.3. The lowest BCUT2D eigenvalue weighted by Crippen LogP contribution is -2.08. The first-order chi connectivity index (χ1) is 11.0. The second kappa shape index (κ2) is 7.44. The van der Waals surface area contributed by atoms with E-state index in [1.54, 1.807) is 0 Å². The normalized spacial score (nSPS) is 11.1. The Labute approximate surface area is 136 Å². The Hall–Kier alpha value is -2.10. The predicted octanol–water partition coefficient (Wildman–Crippen LogP) is 3.45. The first-order valence-corrected chi connectivity index (χ1v) is 8.47. The summed E-state index contributed by atoms with van der Waals surface area (Å²) in [6.45, 7) is 6.34. The van der Waals surface area contributed by atoms with Crippen LogP contribution < -0.4 is 11.0 Å². The quantitative estimate of drug-likeness (QED) is 0.857. The molecule has 1 aromatic heterocycles. The molecule has 23 heavy (non-hydrogen) atoms. The van der Waals surface area contributed by atoms with Gasteiger partial charge < -0.3 is 10.1 Å². The van der Waals surface area contributed by atoms with Crippen molar-refractivity contribution >= 4 is 10.9 Å². The Balaban J connectivity index is 2.99. The van der Waals surface area contributed by atoms with Crippen molar-refractivity contribution in [3.05, 3.63) is 49.4 Å². The highest BCUT2D eigenvalue weighted by Crippen LogP contribution is 2.26. The van der Waals surface area contributed by atoms with E-state index < -0.39 is 11.3 Å². The standard InChI is InChI=1S/C19H25NO3/c1-4-7-12-10-15-18(14(9-6-3)13(12)8-5-2)16(21)11-17(22)19(23)20-15/h10-11,22H,4-9H2,1-3H3,(H,20,23). The molecule has 0 aliphatic heterocycles. The molecule has 2 N–H and O–H groups in total. The van der Waals surface area contributed by atoms with Crippen LogP contribution in [0.1, 0.15) is 56.7 Å². The van der Waals surface area contributed by atoms with E-state index in [2.05, 4.69) is 25.8 Å². The van der Waals surface area contributed by atoms with Crippen LogP contribution >= 0.6 is 0 Å². The molecule has 0 amide bonds. The lowest BCUT2D eigenvalue weighted by molar-refractivity contribution is 0.468. The molecule has 0 unspecified atom stereocenters. The van der Waals surface area contributed by atoms with Gasteiger partial charge in [-0.25, -0.2) is 0 Å². The average Bonchev–Trinajstić information content (AvgIpc) is 2.60. The molecule has 0 saturated carbocycles. The van der Waals surface area contributed by atoms with Crippen molar-refractivity contribution in [3.63, 3.8) is 0 Å². The van der Waals surface area contributed by atoms with Gasteiger partial charge in [0.1, 0.15) is 0 Å². The van der Waals surface area contributed by atoms with E-state index in [1.165, 1.54) is 11.1 Å². The van der Waals surface area contributed by atoms with Crippen LogP contribution in [0.15, 0.2) is 21.7 Å². The highest BCUT2D eigenvalue weighted by atomic mass is 16.3. The minimum Gasteiger partial charge on any atom is -0.503 e. The summed E-state index contributed by atoms with van der Waals surface area (Å²) in [7, 11) is 0. The molecular formula is C19H25NO3. The van der Waals surface area contributed by atoms with Crippen LogP contribution in [0.2, 0.25) is 0 Å². The third kappa shape index (κ3) is 3.46. The molecular weight excluding hydrogens is 290 g/mol.